The van der Waals surface area contributed by atoms with Crippen LogP contribution in [0.3, 0.4) is 0 Å². The Balaban J connectivity index is 1.79. The maximum absolute atomic E-state index is 12.8. The Hall–Kier alpha value is -3.36. The van der Waals surface area contributed by atoms with E-state index in [9.17, 15) is 18.0 Å². The minimum Gasteiger partial charge on any atom is -0.462 e. The van der Waals surface area contributed by atoms with Crippen molar-refractivity contribution in [3.63, 3.8) is 0 Å². The first-order valence-corrected chi connectivity index (χ1v) is 11.5. The molecule has 0 bridgehead atoms. The molecular formula is C23H21ClN2O5S. The van der Waals surface area contributed by atoms with E-state index in [0.29, 0.717) is 16.9 Å². The number of esters is 1. The fourth-order valence-corrected chi connectivity index (χ4v) is 4.38. The van der Waals surface area contributed by atoms with Crippen LogP contribution in [0.4, 0.5) is 11.4 Å². The van der Waals surface area contributed by atoms with Gasteiger partial charge in [-0.15, -0.1) is 0 Å². The molecule has 0 aromatic heterocycles. The predicted molar refractivity (Wildman–Crippen MR) is 124 cm³/mol. The zero-order valence-electron chi connectivity index (χ0n) is 17.4. The van der Waals surface area contributed by atoms with Crippen LogP contribution in [-0.2, 0) is 14.8 Å². The maximum atomic E-state index is 12.8. The molecule has 3 aromatic rings. The number of amides is 1. The van der Waals surface area contributed by atoms with E-state index >= 15 is 0 Å². The van der Waals surface area contributed by atoms with Crippen LogP contribution in [0.1, 0.15) is 33.2 Å². The second kappa shape index (κ2) is 9.84. The van der Waals surface area contributed by atoms with Gasteiger partial charge in [0, 0.05) is 16.9 Å². The van der Waals surface area contributed by atoms with Gasteiger partial charge >= 0.3 is 5.97 Å². The van der Waals surface area contributed by atoms with Gasteiger partial charge in [-0.3, -0.25) is 9.52 Å². The number of rotatable bonds is 7. The molecular weight excluding hydrogens is 452 g/mol. The van der Waals surface area contributed by atoms with Gasteiger partial charge < -0.3 is 10.1 Å². The Labute approximate surface area is 191 Å². The number of carbonyl (C=O) groups is 2. The lowest BCUT2D eigenvalue weighted by atomic mass is 10.2. The summed E-state index contributed by atoms with van der Waals surface area (Å²) in [7, 11) is -4.02. The number of aryl methyl sites for hydroxylation is 1. The number of sulfonamides is 1. The number of carbonyl (C=O) groups excluding carboxylic acids is 2. The third-order valence-corrected chi connectivity index (χ3v) is 6.30. The van der Waals surface area contributed by atoms with Gasteiger partial charge in [-0.1, -0.05) is 29.3 Å². The average molecular weight is 473 g/mol. The van der Waals surface area contributed by atoms with Crippen LogP contribution >= 0.6 is 11.6 Å². The van der Waals surface area contributed by atoms with Crippen LogP contribution in [0.25, 0.3) is 0 Å². The Morgan fingerprint density at radius 3 is 2.12 bits per heavy atom. The predicted octanol–water partition coefficient (Wildman–Crippen LogP) is 4.88. The molecule has 166 valence electrons. The van der Waals surface area contributed by atoms with Gasteiger partial charge in [0.2, 0.25) is 0 Å². The molecule has 1 amide bonds. The third kappa shape index (κ3) is 5.66. The van der Waals surface area contributed by atoms with Crippen molar-refractivity contribution in [3.05, 3.63) is 88.4 Å². The summed E-state index contributed by atoms with van der Waals surface area (Å²) in [5, 5.41) is 2.65. The van der Waals surface area contributed by atoms with E-state index < -0.39 is 21.9 Å². The zero-order chi connectivity index (χ0) is 23.3. The van der Waals surface area contributed by atoms with E-state index in [1.54, 1.807) is 43.3 Å². The highest BCUT2D eigenvalue weighted by Crippen LogP contribution is 2.26. The van der Waals surface area contributed by atoms with Crippen molar-refractivity contribution in [1.29, 1.82) is 0 Å². The SMILES string of the molecule is CCOC(=O)c1ccc(NC(=O)c2ccc(Cl)c(S(=O)(=O)Nc3ccc(C)cc3)c2)cc1. The van der Waals surface area contributed by atoms with Crippen molar-refractivity contribution in [2.24, 2.45) is 0 Å². The van der Waals surface area contributed by atoms with Gasteiger partial charge in [-0.2, -0.15) is 0 Å². The van der Waals surface area contributed by atoms with E-state index in [1.165, 1.54) is 30.3 Å². The average Bonchev–Trinajstić information content (AvgIpc) is 2.76. The number of benzene rings is 3. The molecule has 2 N–H and O–H groups in total. The quantitative estimate of drug-likeness (QED) is 0.477. The molecule has 0 heterocycles. The minimum atomic E-state index is -4.02. The highest BCUT2D eigenvalue weighted by atomic mass is 35.5. The van der Waals surface area contributed by atoms with E-state index in [4.69, 9.17) is 16.3 Å². The lowest BCUT2D eigenvalue weighted by Gasteiger charge is -2.12. The summed E-state index contributed by atoms with van der Waals surface area (Å²) in [6.07, 6.45) is 0. The molecule has 0 unspecified atom stereocenters. The summed E-state index contributed by atoms with van der Waals surface area (Å²) in [6, 6.07) is 17.0. The topological polar surface area (TPSA) is 102 Å². The number of anilines is 2. The van der Waals surface area contributed by atoms with Gasteiger partial charge in [0.25, 0.3) is 15.9 Å². The molecule has 3 aromatic carbocycles. The number of nitrogens with one attached hydrogen (secondary N) is 2. The van der Waals surface area contributed by atoms with Crippen LogP contribution in [0.2, 0.25) is 5.02 Å². The molecule has 0 fully saturated rings. The molecule has 0 atom stereocenters. The second-order valence-electron chi connectivity index (χ2n) is 6.87. The number of hydrogen-bond donors (Lipinski definition) is 2. The summed E-state index contributed by atoms with van der Waals surface area (Å²) < 4.78 is 33.0. The van der Waals surface area contributed by atoms with Crippen molar-refractivity contribution in [3.8, 4) is 0 Å². The first-order valence-electron chi connectivity index (χ1n) is 9.67. The fraction of sp³-hybridized carbons (Fsp3) is 0.130. The van der Waals surface area contributed by atoms with E-state index in [1.807, 2.05) is 6.92 Å². The summed E-state index contributed by atoms with van der Waals surface area (Å²) in [6.45, 7) is 3.86. The van der Waals surface area contributed by atoms with Crippen molar-refractivity contribution in [1.82, 2.24) is 0 Å². The maximum Gasteiger partial charge on any atom is 0.338 e. The molecule has 9 heteroatoms. The normalized spacial score (nSPS) is 11.0. The van der Waals surface area contributed by atoms with Crippen LogP contribution in [0.5, 0.6) is 0 Å². The van der Waals surface area contributed by atoms with Crippen LogP contribution in [0, 0.1) is 6.92 Å². The number of hydrogen-bond acceptors (Lipinski definition) is 5. The van der Waals surface area contributed by atoms with Gasteiger partial charge in [0.1, 0.15) is 4.90 Å². The molecule has 0 spiro atoms. The van der Waals surface area contributed by atoms with Crippen LogP contribution in [-0.4, -0.2) is 26.9 Å². The fourth-order valence-electron chi connectivity index (χ4n) is 2.79. The second-order valence-corrected chi connectivity index (χ2v) is 8.93. The van der Waals surface area contributed by atoms with Crippen molar-refractivity contribution >= 4 is 44.9 Å². The Bertz CT molecular complexity index is 1240. The van der Waals surface area contributed by atoms with Gasteiger partial charge in [0.05, 0.1) is 17.2 Å². The molecule has 0 radical (unpaired) electrons. The van der Waals surface area contributed by atoms with Crippen LogP contribution in [0.15, 0.2) is 71.6 Å². The highest BCUT2D eigenvalue weighted by molar-refractivity contribution is 7.92. The molecule has 7 nitrogen and oxygen atoms in total. The minimum absolute atomic E-state index is 0.0139. The third-order valence-electron chi connectivity index (χ3n) is 4.44. The number of ether oxygens (including phenoxy) is 1. The van der Waals surface area contributed by atoms with Gasteiger partial charge in [-0.25, -0.2) is 13.2 Å². The zero-order valence-corrected chi connectivity index (χ0v) is 19.0. The molecule has 0 aliphatic heterocycles. The lowest BCUT2D eigenvalue weighted by molar-refractivity contribution is 0.0526. The van der Waals surface area contributed by atoms with E-state index in [2.05, 4.69) is 10.0 Å². The Morgan fingerprint density at radius 2 is 1.50 bits per heavy atom. The summed E-state index contributed by atoms with van der Waals surface area (Å²) in [5.41, 5.74) is 2.25. The highest BCUT2D eigenvalue weighted by Gasteiger charge is 2.20. The standard InChI is InChI=1S/C23H21ClN2O5S/c1-3-31-23(28)16-6-11-18(12-7-16)25-22(27)17-8-13-20(24)21(14-17)32(29,30)26-19-9-4-15(2)5-10-19/h4-14,26H,3H2,1-2H3,(H,25,27). The van der Waals surface area contributed by atoms with Gasteiger partial charge in [0.15, 0.2) is 0 Å². The largest absolute Gasteiger partial charge is 0.462 e. The Morgan fingerprint density at radius 1 is 0.906 bits per heavy atom. The number of halogens is 1. The lowest BCUT2D eigenvalue weighted by Crippen LogP contribution is -2.16. The summed E-state index contributed by atoms with van der Waals surface area (Å²) in [5.74, 6) is -0.989. The smallest absolute Gasteiger partial charge is 0.338 e. The first kappa shape index (κ1) is 23.3. The van der Waals surface area contributed by atoms with E-state index in [0.717, 1.165) is 5.56 Å². The summed E-state index contributed by atoms with van der Waals surface area (Å²) >= 11 is 6.12. The van der Waals surface area contributed by atoms with Crippen molar-refractivity contribution < 1.29 is 22.7 Å². The monoisotopic (exact) mass is 472 g/mol. The van der Waals surface area contributed by atoms with Gasteiger partial charge in [-0.05, 0) is 68.4 Å². The van der Waals surface area contributed by atoms with Crippen LogP contribution < -0.4 is 10.0 Å². The van der Waals surface area contributed by atoms with Crippen molar-refractivity contribution in [2.45, 2.75) is 18.7 Å². The molecule has 3 rings (SSSR count). The Kier molecular flexibility index (Phi) is 7.17. The van der Waals surface area contributed by atoms with E-state index in [-0.39, 0.29) is 22.1 Å². The molecule has 0 aliphatic carbocycles. The molecule has 0 saturated heterocycles. The first-order chi connectivity index (χ1) is 15.2. The van der Waals surface area contributed by atoms with Crippen molar-refractivity contribution in [2.75, 3.05) is 16.6 Å². The molecule has 32 heavy (non-hydrogen) atoms. The molecule has 0 aliphatic rings. The molecule has 0 saturated carbocycles. The summed E-state index contributed by atoms with van der Waals surface area (Å²) in [4.78, 5) is 24.2.